The van der Waals surface area contributed by atoms with E-state index in [0.717, 1.165) is 6.07 Å². The molecule has 0 saturated carbocycles. The molecule has 0 aliphatic carbocycles. The molecule has 1 N–H and O–H groups in total. The van der Waals surface area contributed by atoms with Gasteiger partial charge in [0.2, 0.25) is 5.82 Å². The second-order valence-corrected chi connectivity index (χ2v) is 3.30. The van der Waals surface area contributed by atoms with Gasteiger partial charge in [0.25, 0.3) is 0 Å². The van der Waals surface area contributed by atoms with Gasteiger partial charge in [-0.1, -0.05) is 12.1 Å². The van der Waals surface area contributed by atoms with Gasteiger partial charge in [0.1, 0.15) is 0 Å². The van der Waals surface area contributed by atoms with E-state index in [0.29, 0.717) is 0 Å². The van der Waals surface area contributed by atoms with E-state index < -0.39 is 28.5 Å². The Labute approximate surface area is 95.8 Å². The molecule has 1 rings (SSSR count). The molecule has 0 heterocycles. The van der Waals surface area contributed by atoms with Crippen molar-refractivity contribution in [2.24, 2.45) is 0 Å². The standard InChI is InChI=1S/C10H10FNO5/c1-6(10(13)14)17-5-7-3-2-4-8(9(7)11)12(15)16/h2-4,6H,5H2,1H3,(H,13,14). The summed E-state index contributed by atoms with van der Waals surface area (Å²) in [7, 11) is 0. The highest BCUT2D eigenvalue weighted by molar-refractivity contribution is 5.71. The summed E-state index contributed by atoms with van der Waals surface area (Å²) < 4.78 is 18.3. The fourth-order valence-corrected chi connectivity index (χ4v) is 1.10. The van der Waals surface area contributed by atoms with Crippen LogP contribution in [0.4, 0.5) is 10.1 Å². The first-order valence-corrected chi connectivity index (χ1v) is 4.69. The number of nitro groups is 1. The van der Waals surface area contributed by atoms with Crippen molar-refractivity contribution >= 4 is 11.7 Å². The van der Waals surface area contributed by atoms with Crippen LogP contribution in [0.2, 0.25) is 0 Å². The van der Waals surface area contributed by atoms with Crippen LogP contribution in [0.15, 0.2) is 18.2 Å². The molecule has 1 unspecified atom stereocenters. The van der Waals surface area contributed by atoms with Gasteiger partial charge in [0.15, 0.2) is 6.10 Å². The number of ether oxygens (including phenoxy) is 1. The van der Waals surface area contributed by atoms with E-state index in [1.807, 2.05) is 0 Å². The summed E-state index contributed by atoms with van der Waals surface area (Å²) in [5.41, 5.74) is -0.707. The SMILES string of the molecule is CC(OCc1cccc([N+](=O)[O-])c1F)C(=O)O. The minimum absolute atomic E-state index is 0.0488. The van der Waals surface area contributed by atoms with Crippen LogP contribution in [-0.4, -0.2) is 22.1 Å². The summed E-state index contributed by atoms with van der Waals surface area (Å²) in [6.45, 7) is 0.957. The molecule has 1 atom stereocenters. The fourth-order valence-electron chi connectivity index (χ4n) is 1.10. The number of nitrogens with zero attached hydrogens (tertiary/aromatic N) is 1. The van der Waals surface area contributed by atoms with Crippen molar-refractivity contribution in [2.45, 2.75) is 19.6 Å². The van der Waals surface area contributed by atoms with Crippen molar-refractivity contribution in [1.82, 2.24) is 0 Å². The predicted octanol–water partition coefficient (Wildman–Crippen LogP) is 1.72. The lowest BCUT2D eigenvalue weighted by Crippen LogP contribution is -2.19. The Hall–Kier alpha value is -2.02. The van der Waals surface area contributed by atoms with Gasteiger partial charge in [0.05, 0.1) is 11.5 Å². The Balaban J connectivity index is 2.82. The highest BCUT2D eigenvalue weighted by Crippen LogP contribution is 2.20. The summed E-state index contributed by atoms with van der Waals surface area (Å²) in [4.78, 5) is 20.1. The maximum absolute atomic E-state index is 13.5. The van der Waals surface area contributed by atoms with Gasteiger partial charge in [-0.15, -0.1) is 0 Å². The zero-order valence-electron chi connectivity index (χ0n) is 8.92. The van der Waals surface area contributed by atoms with E-state index >= 15 is 0 Å². The Kier molecular flexibility index (Phi) is 4.11. The second-order valence-electron chi connectivity index (χ2n) is 3.30. The zero-order chi connectivity index (χ0) is 13.0. The first-order chi connectivity index (χ1) is 7.93. The average Bonchev–Trinajstić information content (AvgIpc) is 2.26. The van der Waals surface area contributed by atoms with E-state index in [4.69, 9.17) is 9.84 Å². The Morgan fingerprint density at radius 3 is 2.82 bits per heavy atom. The Morgan fingerprint density at radius 2 is 2.29 bits per heavy atom. The molecule has 0 aliphatic heterocycles. The van der Waals surface area contributed by atoms with Crippen LogP contribution in [-0.2, 0) is 16.1 Å². The molecule has 0 saturated heterocycles. The second kappa shape index (κ2) is 5.35. The van der Waals surface area contributed by atoms with Gasteiger partial charge in [-0.25, -0.2) is 4.79 Å². The molecule has 0 spiro atoms. The molecule has 17 heavy (non-hydrogen) atoms. The zero-order valence-corrected chi connectivity index (χ0v) is 8.92. The van der Waals surface area contributed by atoms with Crippen LogP contribution < -0.4 is 0 Å². The highest BCUT2D eigenvalue weighted by Gasteiger charge is 2.18. The molecular formula is C10H10FNO5. The van der Waals surface area contributed by atoms with Crippen molar-refractivity contribution in [3.8, 4) is 0 Å². The first-order valence-electron chi connectivity index (χ1n) is 4.69. The summed E-state index contributed by atoms with van der Waals surface area (Å²) >= 11 is 0. The highest BCUT2D eigenvalue weighted by atomic mass is 19.1. The maximum atomic E-state index is 13.5. The fraction of sp³-hybridized carbons (Fsp3) is 0.300. The lowest BCUT2D eigenvalue weighted by Gasteiger charge is -2.08. The van der Waals surface area contributed by atoms with Crippen molar-refractivity contribution < 1.29 is 24.0 Å². The van der Waals surface area contributed by atoms with E-state index in [2.05, 4.69) is 0 Å². The van der Waals surface area contributed by atoms with Gasteiger partial charge in [0, 0.05) is 11.6 Å². The van der Waals surface area contributed by atoms with Crippen LogP contribution in [0.5, 0.6) is 0 Å². The average molecular weight is 243 g/mol. The number of rotatable bonds is 5. The summed E-state index contributed by atoms with van der Waals surface area (Å²) in [6.07, 6.45) is -1.10. The number of halogens is 1. The third kappa shape index (κ3) is 3.22. The predicted molar refractivity (Wildman–Crippen MR) is 54.9 cm³/mol. The van der Waals surface area contributed by atoms with Crippen LogP contribution in [0.1, 0.15) is 12.5 Å². The molecule has 6 nitrogen and oxygen atoms in total. The van der Waals surface area contributed by atoms with Gasteiger partial charge in [-0.2, -0.15) is 4.39 Å². The van der Waals surface area contributed by atoms with Gasteiger partial charge in [-0.3, -0.25) is 10.1 Å². The number of nitro benzene ring substituents is 1. The lowest BCUT2D eigenvalue weighted by molar-refractivity contribution is -0.387. The molecule has 7 heteroatoms. The van der Waals surface area contributed by atoms with Crippen molar-refractivity contribution in [3.63, 3.8) is 0 Å². The van der Waals surface area contributed by atoms with E-state index in [9.17, 15) is 19.3 Å². The molecule has 92 valence electrons. The summed E-state index contributed by atoms with van der Waals surface area (Å²) in [6, 6.07) is 3.64. The number of carbonyl (C=O) groups is 1. The monoisotopic (exact) mass is 243 g/mol. The smallest absolute Gasteiger partial charge is 0.332 e. The molecule has 0 bridgehead atoms. The number of aliphatic carboxylic acids is 1. The van der Waals surface area contributed by atoms with Crippen molar-refractivity contribution in [2.75, 3.05) is 0 Å². The third-order valence-electron chi connectivity index (χ3n) is 2.09. The number of hydrogen-bond acceptors (Lipinski definition) is 4. The molecule has 0 radical (unpaired) electrons. The Bertz CT molecular complexity index is 448. The van der Waals surface area contributed by atoms with Crippen LogP contribution >= 0.6 is 0 Å². The minimum atomic E-state index is -1.18. The molecule has 0 amide bonds. The number of carboxylic acids is 1. The van der Waals surface area contributed by atoms with E-state index in [1.165, 1.54) is 19.1 Å². The number of carboxylic acid groups (broad SMARTS) is 1. The molecule has 0 aliphatic rings. The molecule has 0 aromatic heterocycles. The number of hydrogen-bond donors (Lipinski definition) is 1. The van der Waals surface area contributed by atoms with Crippen molar-refractivity contribution in [1.29, 1.82) is 0 Å². The van der Waals surface area contributed by atoms with Gasteiger partial charge in [-0.05, 0) is 6.92 Å². The number of benzene rings is 1. The molecule has 0 fully saturated rings. The van der Waals surface area contributed by atoms with Gasteiger partial charge >= 0.3 is 11.7 Å². The third-order valence-corrected chi connectivity index (χ3v) is 2.09. The molecule has 1 aromatic carbocycles. The first kappa shape index (κ1) is 13.0. The normalized spacial score (nSPS) is 12.1. The van der Waals surface area contributed by atoms with Crippen molar-refractivity contribution in [3.05, 3.63) is 39.7 Å². The van der Waals surface area contributed by atoms with E-state index in [-0.39, 0.29) is 12.2 Å². The van der Waals surface area contributed by atoms with Crippen LogP contribution in [0.3, 0.4) is 0 Å². The Morgan fingerprint density at radius 1 is 1.65 bits per heavy atom. The van der Waals surface area contributed by atoms with Crippen LogP contribution in [0, 0.1) is 15.9 Å². The van der Waals surface area contributed by atoms with E-state index in [1.54, 1.807) is 0 Å². The lowest BCUT2D eigenvalue weighted by atomic mass is 10.2. The topological polar surface area (TPSA) is 89.7 Å². The largest absolute Gasteiger partial charge is 0.479 e. The summed E-state index contributed by atoms with van der Waals surface area (Å²) in [5, 5.41) is 19.0. The molecular weight excluding hydrogens is 233 g/mol. The maximum Gasteiger partial charge on any atom is 0.332 e. The minimum Gasteiger partial charge on any atom is -0.479 e. The molecule has 1 aromatic rings. The summed E-state index contributed by atoms with van der Waals surface area (Å²) in [5.74, 6) is -2.19. The van der Waals surface area contributed by atoms with Gasteiger partial charge < -0.3 is 9.84 Å². The quantitative estimate of drug-likeness (QED) is 0.628. The van der Waals surface area contributed by atoms with Crippen LogP contribution in [0.25, 0.3) is 0 Å².